The van der Waals surface area contributed by atoms with E-state index in [1.165, 1.54) is 23.0 Å². The quantitative estimate of drug-likeness (QED) is 0.382. The number of anilines is 1. The number of hydrogen-bond acceptors (Lipinski definition) is 7. The lowest BCUT2D eigenvalue weighted by Gasteiger charge is -2.25. The number of nitrogens with one attached hydrogen (secondary N) is 1. The molecular formula is C26H21N3O4S2. The molecule has 0 spiro atoms. The van der Waals surface area contributed by atoms with Gasteiger partial charge in [0.15, 0.2) is 11.5 Å². The first-order chi connectivity index (χ1) is 17.0. The fourth-order valence-electron chi connectivity index (χ4n) is 4.31. The molecule has 0 fully saturated rings. The van der Waals surface area contributed by atoms with Crippen molar-refractivity contribution in [2.75, 3.05) is 18.7 Å². The van der Waals surface area contributed by atoms with Crippen LogP contribution in [0, 0.1) is 0 Å². The summed E-state index contributed by atoms with van der Waals surface area (Å²) in [5.41, 5.74) is 3.92. The number of aromatic nitrogens is 1. The Morgan fingerprint density at radius 1 is 1.11 bits per heavy atom. The number of carbonyl (C=O) groups excluding carboxylic acids is 2. The van der Waals surface area contributed by atoms with Gasteiger partial charge in [-0.05, 0) is 47.9 Å². The third kappa shape index (κ3) is 4.17. The first-order valence-electron chi connectivity index (χ1n) is 11.2. The maximum atomic E-state index is 12.9. The summed E-state index contributed by atoms with van der Waals surface area (Å²) in [5, 5.41) is 4.73. The van der Waals surface area contributed by atoms with E-state index in [-0.39, 0.29) is 18.6 Å². The first kappa shape index (κ1) is 21.8. The predicted octanol–water partition coefficient (Wildman–Crippen LogP) is 5.31. The van der Waals surface area contributed by atoms with Crippen LogP contribution in [-0.4, -0.2) is 35.0 Å². The molecule has 2 aliphatic heterocycles. The summed E-state index contributed by atoms with van der Waals surface area (Å²) < 4.78 is 11.9. The summed E-state index contributed by atoms with van der Waals surface area (Å²) in [6.07, 6.45) is 4.00. The minimum Gasteiger partial charge on any atom is -0.454 e. The summed E-state index contributed by atoms with van der Waals surface area (Å²) in [6.45, 7) is 3.02. The predicted molar refractivity (Wildman–Crippen MR) is 138 cm³/mol. The Labute approximate surface area is 209 Å². The zero-order valence-electron chi connectivity index (χ0n) is 18.9. The zero-order valence-corrected chi connectivity index (χ0v) is 20.5. The van der Waals surface area contributed by atoms with Crippen LogP contribution in [0.15, 0.2) is 48.5 Å². The minimum absolute atomic E-state index is 0.0582. The topological polar surface area (TPSA) is 80.8 Å². The van der Waals surface area contributed by atoms with Crippen LogP contribution in [0.1, 0.15) is 22.9 Å². The second-order valence-corrected chi connectivity index (χ2v) is 10.5. The zero-order chi connectivity index (χ0) is 23.9. The van der Waals surface area contributed by atoms with Crippen molar-refractivity contribution < 1.29 is 19.1 Å². The highest BCUT2D eigenvalue weighted by Crippen LogP contribution is 2.45. The molecule has 0 saturated heterocycles. The van der Waals surface area contributed by atoms with Gasteiger partial charge in [-0.15, -0.1) is 22.7 Å². The molecule has 7 nitrogen and oxygen atoms in total. The van der Waals surface area contributed by atoms with Crippen LogP contribution < -0.4 is 14.8 Å². The molecule has 35 heavy (non-hydrogen) atoms. The van der Waals surface area contributed by atoms with E-state index < -0.39 is 0 Å². The van der Waals surface area contributed by atoms with E-state index in [1.54, 1.807) is 24.3 Å². The van der Waals surface area contributed by atoms with E-state index in [4.69, 9.17) is 14.5 Å². The maximum Gasteiger partial charge on any atom is 0.249 e. The van der Waals surface area contributed by atoms with Crippen molar-refractivity contribution in [1.29, 1.82) is 0 Å². The Kier molecular flexibility index (Phi) is 5.50. The standard InChI is InChI=1S/C26H21N3O4S2/c1-15(30)29-11-10-17-22(13-29)35-26(24(17)25-27-18-4-2-3-5-21(18)34-25)28-23(31)9-7-16-6-8-19-20(12-16)33-14-32-19/h2-9,12H,10-11,13-14H2,1H3,(H,28,31)/b9-7+. The highest BCUT2D eigenvalue weighted by atomic mass is 32.1. The number of thiazole rings is 1. The summed E-state index contributed by atoms with van der Waals surface area (Å²) in [7, 11) is 0. The van der Waals surface area contributed by atoms with Crippen molar-refractivity contribution in [2.24, 2.45) is 0 Å². The SMILES string of the molecule is CC(=O)N1CCc2c(sc(NC(=O)/C=C/c3ccc4c(c3)OCO4)c2-c2nc3ccccc3s2)C1. The van der Waals surface area contributed by atoms with Crippen molar-refractivity contribution in [3.8, 4) is 22.1 Å². The van der Waals surface area contributed by atoms with Gasteiger partial charge in [0.1, 0.15) is 10.0 Å². The fraction of sp³-hybridized carbons (Fsp3) is 0.192. The molecule has 2 aromatic carbocycles. The average Bonchev–Trinajstić information content (AvgIpc) is 3.57. The lowest BCUT2D eigenvalue weighted by atomic mass is 10.0. The van der Waals surface area contributed by atoms with Crippen molar-refractivity contribution in [2.45, 2.75) is 19.9 Å². The summed E-state index contributed by atoms with van der Waals surface area (Å²) >= 11 is 3.14. The number of nitrogens with zero attached hydrogens (tertiary/aromatic N) is 2. The van der Waals surface area contributed by atoms with Crippen LogP contribution in [0.3, 0.4) is 0 Å². The highest BCUT2D eigenvalue weighted by molar-refractivity contribution is 7.23. The van der Waals surface area contributed by atoms with E-state index in [9.17, 15) is 9.59 Å². The van der Waals surface area contributed by atoms with Crippen molar-refractivity contribution in [3.63, 3.8) is 0 Å². The molecule has 9 heteroatoms. The van der Waals surface area contributed by atoms with Crippen molar-refractivity contribution in [1.82, 2.24) is 9.88 Å². The molecule has 2 aromatic heterocycles. The van der Waals surface area contributed by atoms with E-state index in [2.05, 4.69) is 11.4 Å². The molecular weight excluding hydrogens is 482 g/mol. The van der Waals surface area contributed by atoms with Gasteiger partial charge in [-0.3, -0.25) is 9.59 Å². The average molecular weight is 504 g/mol. The number of amides is 2. The molecule has 0 saturated carbocycles. The number of rotatable bonds is 4. The highest BCUT2D eigenvalue weighted by Gasteiger charge is 2.28. The Bertz CT molecular complexity index is 1470. The van der Waals surface area contributed by atoms with Crippen LogP contribution >= 0.6 is 22.7 Å². The van der Waals surface area contributed by atoms with Gasteiger partial charge in [0.05, 0.1) is 16.8 Å². The number of fused-ring (bicyclic) bond motifs is 3. The Morgan fingerprint density at radius 3 is 2.83 bits per heavy atom. The van der Waals surface area contributed by atoms with Crippen LogP contribution in [0.5, 0.6) is 11.5 Å². The second-order valence-electron chi connectivity index (χ2n) is 8.32. The third-order valence-electron chi connectivity index (χ3n) is 6.07. The van der Waals surface area contributed by atoms with Gasteiger partial charge in [-0.2, -0.15) is 0 Å². The van der Waals surface area contributed by atoms with Crippen LogP contribution in [0.4, 0.5) is 5.00 Å². The van der Waals surface area contributed by atoms with Gasteiger partial charge in [-0.25, -0.2) is 4.98 Å². The first-order valence-corrected chi connectivity index (χ1v) is 12.8. The molecule has 0 unspecified atom stereocenters. The maximum absolute atomic E-state index is 12.9. The molecule has 4 aromatic rings. The summed E-state index contributed by atoms with van der Waals surface area (Å²) in [5.74, 6) is 1.21. The molecule has 4 heterocycles. The Balaban J connectivity index is 1.32. The normalized spacial score (nSPS) is 14.5. The Morgan fingerprint density at radius 2 is 1.97 bits per heavy atom. The van der Waals surface area contributed by atoms with Crippen molar-refractivity contribution >= 4 is 55.8 Å². The second kappa shape index (κ2) is 8.83. The van der Waals surface area contributed by atoms with E-state index in [0.29, 0.717) is 24.6 Å². The van der Waals surface area contributed by atoms with E-state index in [0.717, 1.165) is 42.7 Å². The monoisotopic (exact) mass is 503 g/mol. The summed E-state index contributed by atoms with van der Waals surface area (Å²) in [4.78, 5) is 32.7. The van der Waals surface area contributed by atoms with Gasteiger partial charge in [0, 0.05) is 30.0 Å². The largest absolute Gasteiger partial charge is 0.454 e. The third-order valence-corrected chi connectivity index (χ3v) is 8.26. The van der Waals surface area contributed by atoms with Gasteiger partial charge < -0.3 is 19.7 Å². The van der Waals surface area contributed by atoms with Crippen LogP contribution in [0.2, 0.25) is 0 Å². The molecule has 2 aliphatic rings. The Hall–Kier alpha value is -3.69. The van der Waals surface area contributed by atoms with E-state index >= 15 is 0 Å². The number of hydrogen-bond donors (Lipinski definition) is 1. The molecule has 6 rings (SSSR count). The van der Waals surface area contributed by atoms with Gasteiger partial charge in [0.25, 0.3) is 0 Å². The molecule has 0 bridgehead atoms. The molecule has 176 valence electrons. The van der Waals surface area contributed by atoms with Crippen LogP contribution in [-0.2, 0) is 22.6 Å². The molecule has 1 N–H and O–H groups in total. The fourth-order valence-corrected chi connectivity index (χ4v) is 6.68. The molecule has 0 atom stereocenters. The lowest BCUT2D eigenvalue weighted by molar-refractivity contribution is -0.129. The number of carbonyl (C=O) groups is 2. The van der Waals surface area contributed by atoms with Crippen LogP contribution in [0.25, 0.3) is 26.9 Å². The van der Waals surface area contributed by atoms with E-state index in [1.807, 2.05) is 41.3 Å². The number of thiophene rings is 1. The van der Waals surface area contributed by atoms with Gasteiger partial charge in [-0.1, -0.05) is 18.2 Å². The number of ether oxygens (including phenoxy) is 2. The van der Waals surface area contributed by atoms with Gasteiger partial charge >= 0.3 is 0 Å². The smallest absolute Gasteiger partial charge is 0.249 e. The molecule has 0 aliphatic carbocycles. The minimum atomic E-state index is -0.230. The van der Waals surface area contributed by atoms with Gasteiger partial charge in [0.2, 0.25) is 18.6 Å². The lowest BCUT2D eigenvalue weighted by Crippen LogP contribution is -2.33. The number of para-hydroxylation sites is 1. The number of benzene rings is 2. The molecule has 0 radical (unpaired) electrons. The summed E-state index contributed by atoms with van der Waals surface area (Å²) in [6, 6.07) is 13.6. The van der Waals surface area contributed by atoms with Crippen molar-refractivity contribution in [3.05, 3.63) is 64.5 Å². The molecule has 2 amide bonds.